The lowest BCUT2D eigenvalue weighted by Gasteiger charge is -2.07. The van der Waals surface area contributed by atoms with Gasteiger partial charge in [-0.05, 0) is 40.5 Å². The summed E-state index contributed by atoms with van der Waals surface area (Å²) < 4.78 is 0.871. The van der Waals surface area contributed by atoms with Crippen LogP contribution in [-0.4, -0.2) is 15.9 Å². The first kappa shape index (κ1) is 14.2. The number of carbonyl (C=O) groups excluding carboxylic acids is 1. The van der Waals surface area contributed by atoms with Gasteiger partial charge >= 0.3 is 0 Å². The molecule has 0 spiro atoms. The molecule has 0 bridgehead atoms. The maximum atomic E-state index is 12.0. The number of amides is 1. The zero-order valence-electron chi connectivity index (χ0n) is 9.75. The Bertz CT molecular complexity index is 649. The fourth-order valence-corrected chi connectivity index (χ4v) is 1.94. The molecule has 7 heteroatoms. The number of hydrogen-bond donors (Lipinski definition) is 1. The van der Waals surface area contributed by atoms with Gasteiger partial charge in [-0.3, -0.25) is 4.79 Å². The van der Waals surface area contributed by atoms with E-state index >= 15 is 0 Å². The molecule has 2 rings (SSSR count). The van der Waals surface area contributed by atoms with E-state index in [1.807, 2.05) is 6.92 Å². The van der Waals surface area contributed by atoms with E-state index in [4.69, 9.17) is 23.2 Å². The maximum absolute atomic E-state index is 12.0. The second kappa shape index (κ2) is 5.86. The number of nitrogens with zero attached hydrogens (tertiary/aromatic N) is 2. The van der Waals surface area contributed by atoms with Crippen molar-refractivity contribution in [3.8, 4) is 0 Å². The molecule has 0 saturated heterocycles. The quantitative estimate of drug-likeness (QED) is 0.820. The number of aryl methyl sites for hydroxylation is 1. The van der Waals surface area contributed by atoms with Crippen LogP contribution in [0.15, 0.2) is 29.0 Å². The first-order valence-corrected chi connectivity index (χ1v) is 6.77. The molecule has 0 aromatic carbocycles. The van der Waals surface area contributed by atoms with Gasteiger partial charge in [0.15, 0.2) is 0 Å². The molecule has 0 unspecified atom stereocenters. The molecule has 0 fully saturated rings. The topological polar surface area (TPSA) is 54.9 Å². The van der Waals surface area contributed by atoms with Crippen LogP contribution < -0.4 is 5.32 Å². The third-order valence-corrected chi connectivity index (χ3v) is 3.69. The molecular weight excluding hydrogens is 353 g/mol. The van der Waals surface area contributed by atoms with Gasteiger partial charge in [0, 0.05) is 16.9 Å². The highest BCUT2D eigenvalue weighted by molar-refractivity contribution is 9.10. The van der Waals surface area contributed by atoms with Crippen LogP contribution in [0.1, 0.15) is 15.9 Å². The van der Waals surface area contributed by atoms with Gasteiger partial charge in [0.2, 0.25) is 0 Å². The summed E-state index contributed by atoms with van der Waals surface area (Å²) >= 11 is 15.0. The van der Waals surface area contributed by atoms with Gasteiger partial charge in [0.25, 0.3) is 5.91 Å². The number of anilines is 1. The molecule has 0 aliphatic rings. The van der Waals surface area contributed by atoms with Crippen molar-refractivity contribution < 1.29 is 4.79 Å². The predicted octanol–water partition coefficient (Wildman–Crippen LogP) is 4.11. The van der Waals surface area contributed by atoms with Crippen LogP contribution in [0.3, 0.4) is 0 Å². The van der Waals surface area contributed by atoms with E-state index in [1.54, 1.807) is 12.3 Å². The number of carbonyl (C=O) groups is 1. The van der Waals surface area contributed by atoms with Crippen LogP contribution >= 0.6 is 39.1 Å². The summed E-state index contributed by atoms with van der Waals surface area (Å²) in [5, 5.41) is 3.09. The number of pyridine rings is 2. The summed E-state index contributed by atoms with van der Waals surface area (Å²) in [4.78, 5) is 19.9. The Hall–Kier alpha value is -1.17. The van der Waals surface area contributed by atoms with Gasteiger partial charge in [-0.25, -0.2) is 9.97 Å². The van der Waals surface area contributed by atoms with E-state index in [0.29, 0.717) is 5.82 Å². The van der Waals surface area contributed by atoms with Gasteiger partial charge in [-0.1, -0.05) is 23.2 Å². The highest BCUT2D eigenvalue weighted by Gasteiger charge is 2.12. The normalized spacial score (nSPS) is 10.3. The molecule has 1 N–H and O–H groups in total. The Morgan fingerprint density at radius 3 is 2.68 bits per heavy atom. The lowest BCUT2D eigenvalue weighted by atomic mass is 10.2. The Kier molecular flexibility index (Phi) is 4.39. The number of nitrogens with one attached hydrogen (secondary N) is 1. The maximum Gasteiger partial charge on any atom is 0.258 e. The summed E-state index contributed by atoms with van der Waals surface area (Å²) in [5.74, 6) is 0.0539. The van der Waals surface area contributed by atoms with Crippen molar-refractivity contribution in [2.24, 2.45) is 0 Å². The van der Waals surface area contributed by atoms with Gasteiger partial charge in [-0.15, -0.1) is 0 Å². The zero-order chi connectivity index (χ0) is 14.0. The summed E-state index contributed by atoms with van der Waals surface area (Å²) in [6.07, 6.45) is 2.95. The third kappa shape index (κ3) is 3.43. The summed E-state index contributed by atoms with van der Waals surface area (Å²) in [6.45, 7) is 1.90. The average molecular weight is 361 g/mol. The van der Waals surface area contributed by atoms with Crippen molar-refractivity contribution in [1.29, 1.82) is 0 Å². The minimum atomic E-state index is -0.386. The minimum absolute atomic E-state index is 0.203. The summed E-state index contributed by atoms with van der Waals surface area (Å²) in [7, 11) is 0. The molecule has 0 aliphatic carbocycles. The lowest BCUT2D eigenvalue weighted by molar-refractivity contribution is 0.102. The minimum Gasteiger partial charge on any atom is -0.307 e. The molecule has 0 saturated carbocycles. The molecule has 0 aliphatic heterocycles. The Labute approximate surface area is 128 Å². The molecule has 2 aromatic heterocycles. The van der Waals surface area contributed by atoms with E-state index in [2.05, 4.69) is 31.2 Å². The van der Waals surface area contributed by atoms with Crippen LogP contribution in [0, 0.1) is 6.92 Å². The number of hydrogen-bond acceptors (Lipinski definition) is 3. The van der Waals surface area contributed by atoms with Gasteiger partial charge in [-0.2, -0.15) is 0 Å². The van der Waals surface area contributed by atoms with Crippen molar-refractivity contribution in [1.82, 2.24) is 9.97 Å². The molecule has 2 aromatic rings. The molecule has 2 heterocycles. The van der Waals surface area contributed by atoms with E-state index in [9.17, 15) is 4.79 Å². The van der Waals surface area contributed by atoms with Crippen molar-refractivity contribution in [3.05, 3.63) is 50.3 Å². The number of aromatic nitrogens is 2. The van der Waals surface area contributed by atoms with Crippen molar-refractivity contribution in [2.45, 2.75) is 6.92 Å². The van der Waals surface area contributed by atoms with Crippen molar-refractivity contribution >= 4 is 50.9 Å². The van der Waals surface area contributed by atoms with Crippen LogP contribution in [0.25, 0.3) is 0 Å². The first-order chi connectivity index (χ1) is 8.97. The number of rotatable bonds is 2. The highest BCUT2D eigenvalue weighted by Crippen LogP contribution is 2.21. The zero-order valence-corrected chi connectivity index (χ0v) is 12.8. The largest absolute Gasteiger partial charge is 0.307 e. The van der Waals surface area contributed by atoms with E-state index in [0.717, 1.165) is 10.0 Å². The molecule has 1 amide bonds. The van der Waals surface area contributed by atoms with E-state index < -0.39 is 0 Å². The van der Waals surface area contributed by atoms with Crippen molar-refractivity contribution in [3.63, 3.8) is 0 Å². The standard InChI is InChI=1S/C12H8BrCl2N3O/c1-6-2-11(17-4-8(6)13)18-12(19)7-3-10(15)16-5-9(7)14/h2-5H,1H3,(H,17,18,19). The Balaban J connectivity index is 2.25. The van der Waals surface area contributed by atoms with Gasteiger partial charge in [0.05, 0.1) is 10.6 Å². The van der Waals surface area contributed by atoms with Crippen molar-refractivity contribution in [2.75, 3.05) is 5.32 Å². The Morgan fingerprint density at radius 2 is 2.00 bits per heavy atom. The molecular formula is C12H8BrCl2N3O. The summed E-state index contributed by atoms with van der Waals surface area (Å²) in [6, 6.07) is 3.16. The second-order valence-electron chi connectivity index (χ2n) is 3.76. The fourth-order valence-electron chi connectivity index (χ4n) is 1.38. The third-order valence-electron chi connectivity index (χ3n) is 2.36. The van der Waals surface area contributed by atoms with Crippen LogP contribution in [0.2, 0.25) is 10.2 Å². The number of halogens is 3. The van der Waals surface area contributed by atoms with E-state index in [-0.39, 0.29) is 21.6 Å². The van der Waals surface area contributed by atoms with Crippen LogP contribution in [0.4, 0.5) is 5.82 Å². The first-order valence-electron chi connectivity index (χ1n) is 5.22. The van der Waals surface area contributed by atoms with Crippen LogP contribution in [-0.2, 0) is 0 Å². The molecule has 4 nitrogen and oxygen atoms in total. The van der Waals surface area contributed by atoms with E-state index in [1.165, 1.54) is 12.3 Å². The smallest absolute Gasteiger partial charge is 0.258 e. The predicted molar refractivity (Wildman–Crippen MR) is 78.9 cm³/mol. The monoisotopic (exact) mass is 359 g/mol. The van der Waals surface area contributed by atoms with Gasteiger partial charge in [0.1, 0.15) is 11.0 Å². The second-order valence-corrected chi connectivity index (χ2v) is 5.41. The SMILES string of the molecule is Cc1cc(NC(=O)c2cc(Cl)ncc2Cl)ncc1Br. The average Bonchev–Trinajstić information content (AvgIpc) is 2.36. The highest BCUT2D eigenvalue weighted by atomic mass is 79.9. The fraction of sp³-hybridized carbons (Fsp3) is 0.0833. The van der Waals surface area contributed by atoms with Crippen LogP contribution in [0.5, 0.6) is 0 Å². The Morgan fingerprint density at radius 1 is 1.26 bits per heavy atom. The lowest BCUT2D eigenvalue weighted by Crippen LogP contribution is -2.14. The molecule has 19 heavy (non-hydrogen) atoms. The van der Waals surface area contributed by atoms with Gasteiger partial charge < -0.3 is 5.32 Å². The molecule has 0 radical (unpaired) electrons. The molecule has 0 atom stereocenters. The summed E-state index contributed by atoms with van der Waals surface area (Å²) in [5.41, 5.74) is 1.22. The molecule has 98 valence electrons.